The number of rotatable bonds is 0. The molecule has 0 amide bonds. The zero-order valence-electron chi connectivity index (χ0n) is 4.45. The van der Waals surface area contributed by atoms with Crippen LogP contribution in [-0.4, -0.2) is 5.25 Å². The Labute approximate surface area is 63.2 Å². The second kappa shape index (κ2) is 2.51. The van der Waals surface area contributed by atoms with Gasteiger partial charge in [0.25, 0.3) is 0 Å². The van der Waals surface area contributed by atoms with Gasteiger partial charge in [-0.2, -0.15) is 0 Å². The second-order valence-electron chi connectivity index (χ2n) is 1.81. The minimum atomic E-state index is 0.579. The van der Waals surface area contributed by atoms with Crippen LogP contribution in [0.3, 0.4) is 0 Å². The molecular weight excluding hydrogens is 163 g/mol. The van der Waals surface area contributed by atoms with Gasteiger partial charge in [-0.3, -0.25) is 0 Å². The van der Waals surface area contributed by atoms with Gasteiger partial charge in [-0.15, -0.1) is 11.8 Å². The van der Waals surface area contributed by atoms with E-state index in [4.69, 9.17) is 23.2 Å². The Morgan fingerprint density at radius 1 is 1.62 bits per heavy atom. The molecule has 0 saturated carbocycles. The van der Waals surface area contributed by atoms with Crippen LogP contribution in [0.15, 0.2) is 9.40 Å². The first kappa shape index (κ1) is 6.79. The summed E-state index contributed by atoms with van der Waals surface area (Å²) in [5, 5.41) is 1.40. The number of hydrogen-bond acceptors (Lipinski definition) is 1. The first-order chi connectivity index (χ1) is 3.70. The minimum absolute atomic E-state index is 0.579. The summed E-state index contributed by atoms with van der Waals surface area (Å²) in [6.07, 6.45) is 0.936. The van der Waals surface area contributed by atoms with Crippen LogP contribution in [0.4, 0.5) is 0 Å². The maximum absolute atomic E-state index is 5.68. The molecule has 3 heteroatoms. The predicted molar refractivity (Wildman–Crippen MR) is 40.4 cm³/mol. The van der Waals surface area contributed by atoms with Crippen LogP contribution in [0.5, 0.6) is 0 Å². The monoisotopic (exact) mass is 168 g/mol. The van der Waals surface area contributed by atoms with Crippen LogP contribution in [-0.2, 0) is 0 Å². The van der Waals surface area contributed by atoms with Crippen LogP contribution in [0.2, 0.25) is 0 Å². The van der Waals surface area contributed by atoms with Crippen LogP contribution in [0.25, 0.3) is 0 Å². The van der Waals surface area contributed by atoms with Gasteiger partial charge in [0.15, 0.2) is 0 Å². The maximum Gasteiger partial charge on any atom is 0.0883 e. The molecule has 0 spiro atoms. The van der Waals surface area contributed by atoms with Crippen molar-refractivity contribution in [2.24, 2.45) is 0 Å². The lowest BCUT2D eigenvalue weighted by Gasteiger charge is -1.93. The van der Waals surface area contributed by atoms with Crippen molar-refractivity contribution < 1.29 is 0 Å². The Hall–Kier alpha value is 0.670. The first-order valence-corrected chi connectivity index (χ1v) is 4.04. The van der Waals surface area contributed by atoms with Crippen LogP contribution >= 0.6 is 35.0 Å². The number of hydrogen-bond donors (Lipinski definition) is 0. The van der Waals surface area contributed by atoms with E-state index in [1.807, 2.05) is 0 Å². The lowest BCUT2D eigenvalue weighted by atomic mass is 10.3. The van der Waals surface area contributed by atoms with Gasteiger partial charge in [0.05, 0.1) is 4.36 Å². The van der Waals surface area contributed by atoms with Crippen molar-refractivity contribution in [3.63, 3.8) is 0 Å². The molecule has 0 aromatic carbocycles. The fourth-order valence-electron chi connectivity index (χ4n) is 0.615. The first-order valence-electron chi connectivity index (χ1n) is 2.41. The molecule has 0 aromatic heterocycles. The Kier molecular flexibility index (Phi) is 2.13. The Morgan fingerprint density at radius 2 is 2.25 bits per heavy atom. The molecule has 0 bridgehead atoms. The Balaban J connectivity index is 2.60. The smallest absolute Gasteiger partial charge is 0.0883 e. The van der Waals surface area contributed by atoms with E-state index in [1.165, 1.54) is 0 Å². The summed E-state index contributed by atoms with van der Waals surface area (Å²) in [6, 6.07) is 0. The Bertz CT molecular complexity index is 116. The molecule has 0 aliphatic carbocycles. The van der Waals surface area contributed by atoms with Crippen molar-refractivity contribution in [2.75, 3.05) is 0 Å². The molecule has 1 rings (SSSR count). The highest BCUT2D eigenvalue weighted by molar-refractivity contribution is 8.05. The summed E-state index contributed by atoms with van der Waals surface area (Å²) in [6.45, 7) is 2.11. The van der Waals surface area contributed by atoms with Crippen LogP contribution in [0, 0.1) is 0 Å². The second-order valence-corrected chi connectivity index (χ2v) is 4.32. The van der Waals surface area contributed by atoms with Crippen molar-refractivity contribution in [1.29, 1.82) is 0 Å². The van der Waals surface area contributed by atoms with E-state index in [0.717, 1.165) is 15.8 Å². The normalized spacial score (nSPS) is 29.6. The Morgan fingerprint density at radius 3 is 2.38 bits per heavy atom. The van der Waals surface area contributed by atoms with E-state index in [1.54, 1.807) is 11.8 Å². The highest BCUT2D eigenvalue weighted by Gasteiger charge is 2.17. The van der Waals surface area contributed by atoms with Gasteiger partial charge >= 0.3 is 0 Å². The molecule has 0 nitrogen and oxygen atoms in total. The molecule has 1 aliphatic rings. The topological polar surface area (TPSA) is 0 Å². The average molecular weight is 169 g/mol. The predicted octanol–water partition coefficient (Wildman–Crippen LogP) is 3.16. The highest BCUT2D eigenvalue weighted by atomic mass is 35.5. The lowest BCUT2D eigenvalue weighted by Crippen LogP contribution is -1.85. The van der Waals surface area contributed by atoms with Gasteiger partial charge in [-0.1, -0.05) is 30.1 Å². The number of allylic oxidation sites excluding steroid dienone is 1. The molecule has 0 fully saturated rings. The average Bonchev–Trinajstić information content (AvgIpc) is 1.85. The molecule has 0 saturated heterocycles. The van der Waals surface area contributed by atoms with E-state index in [9.17, 15) is 0 Å². The van der Waals surface area contributed by atoms with Gasteiger partial charge in [-0.05, 0) is 6.42 Å². The highest BCUT2D eigenvalue weighted by Crippen LogP contribution is 2.41. The quantitative estimate of drug-likeness (QED) is 0.536. The van der Waals surface area contributed by atoms with Gasteiger partial charge < -0.3 is 0 Å². The standard InChI is InChI=1S/C5H6Cl2S/c1-3-2-4(6)5(7)8-3/h3H,2H2,1H3. The molecule has 0 radical (unpaired) electrons. The minimum Gasteiger partial charge on any atom is -0.109 e. The van der Waals surface area contributed by atoms with E-state index in [-0.39, 0.29) is 0 Å². The summed E-state index contributed by atoms with van der Waals surface area (Å²) in [5.41, 5.74) is 0. The molecule has 1 atom stereocenters. The molecule has 1 aliphatic heterocycles. The van der Waals surface area contributed by atoms with Crippen LogP contribution < -0.4 is 0 Å². The zero-order chi connectivity index (χ0) is 6.15. The third-order valence-corrected chi connectivity index (χ3v) is 3.05. The third kappa shape index (κ3) is 1.34. The zero-order valence-corrected chi connectivity index (χ0v) is 6.78. The van der Waals surface area contributed by atoms with E-state index in [0.29, 0.717) is 5.25 Å². The molecule has 46 valence electrons. The van der Waals surface area contributed by atoms with Gasteiger partial charge in [0.1, 0.15) is 0 Å². The van der Waals surface area contributed by atoms with Crippen molar-refractivity contribution in [3.05, 3.63) is 9.40 Å². The summed E-state index contributed by atoms with van der Waals surface area (Å²) in [4.78, 5) is 0. The van der Waals surface area contributed by atoms with E-state index in [2.05, 4.69) is 6.92 Å². The van der Waals surface area contributed by atoms with Gasteiger partial charge in [-0.25, -0.2) is 0 Å². The summed E-state index contributed by atoms with van der Waals surface area (Å²) < 4.78 is 0.777. The van der Waals surface area contributed by atoms with Crippen molar-refractivity contribution >= 4 is 35.0 Å². The fourth-order valence-corrected chi connectivity index (χ4v) is 2.42. The van der Waals surface area contributed by atoms with Crippen molar-refractivity contribution in [3.8, 4) is 0 Å². The third-order valence-electron chi connectivity index (χ3n) is 0.985. The molecule has 0 aromatic rings. The molecule has 1 heterocycles. The maximum atomic E-state index is 5.68. The molecule has 8 heavy (non-hydrogen) atoms. The summed E-state index contributed by atoms with van der Waals surface area (Å²) in [7, 11) is 0. The van der Waals surface area contributed by atoms with Crippen molar-refractivity contribution in [1.82, 2.24) is 0 Å². The number of halogens is 2. The SMILES string of the molecule is CC1CC(Cl)=C(Cl)S1. The number of thioether (sulfide) groups is 1. The fraction of sp³-hybridized carbons (Fsp3) is 0.600. The van der Waals surface area contributed by atoms with Crippen LogP contribution in [0.1, 0.15) is 13.3 Å². The molecule has 0 N–H and O–H groups in total. The largest absolute Gasteiger partial charge is 0.109 e. The van der Waals surface area contributed by atoms with E-state index >= 15 is 0 Å². The lowest BCUT2D eigenvalue weighted by molar-refractivity contribution is 0.989. The molecular formula is C5H6Cl2S. The summed E-state index contributed by atoms with van der Waals surface area (Å²) >= 11 is 13.0. The molecule has 1 unspecified atom stereocenters. The van der Waals surface area contributed by atoms with Crippen molar-refractivity contribution in [2.45, 2.75) is 18.6 Å². The van der Waals surface area contributed by atoms with Gasteiger partial charge in [0.2, 0.25) is 0 Å². The van der Waals surface area contributed by atoms with Gasteiger partial charge in [0, 0.05) is 10.3 Å². The van der Waals surface area contributed by atoms with E-state index < -0.39 is 0 Å². The summed E-state index contributed by atoms with van der Waals surface area (Å²) in [5.74, 6) is 0.